The number of carbonyl (C=O) groups is 2. The fraction of sp³-hybridized carbons (Fsp3) is 0.257. The van der Waals surface area contributed by atoms with E-state index in [1.807, 2.05) is 44.2 Å². The summed E-state index contributed by atoms with van der Waals surface area (Å²) in [7, 11) is -2.75. The molecule has 0 aliphatic rings. The zero-order chi connectivity index (χ0) is 33.3. The van der Waals surface area contributed by atoms with Crippen molar-refractivity contribution in [3.05, 3.63) is 124 Å². The van der Waals surface area contributed by atoms with Gasteiger partial charge in [0.15, 0.2) is 0 Å². The normalized spacial score (nSPS) is 11.8. The molecule has 0 aliphatic carbocycles. The first kappa shape index (κ1) is 34.8. The number of nitrogens with one attached hydrogen (secondary N) is 1. The first-order valence-corrected chi connectivity index (χ1v) is 17.0. The second kappa shape index (κ2) is 16.0. The highest BCUT2D eigenvalue weighted by atomic mass is 35.5. The topological polar surface area (TPSA) is 96.0 Å². The van der Waals surface area contributed by atoms with Crippen LogP contribution < -0.4 is 14.4 Å². The van der Waals surface area contributed by atoms with Gasteiger partial charge in [-0.05, 0) is 73.0 Å². The third kappa shape index (κ3) is 8.81. The molecule has 4 rings (SSSR count). The van der Waals surface area contributed by atoms with Crippen LogP contribution in [0.5, 0.6) is 5.75 Å². The van der Waals surface area contributed by atoms with Crippen LogP contribution in [-0.4, -0.2) is 51.4 Å². The van der Waals surface area contributed by atoms with Gasteiger partial charge in [0.2, 0.25) is 11.8 Å². The Morgan fingerprint density at radius 3 is 2.20 bits per heavy atom. The Morgan fingerprint density at radius 2 is 1.59 bits per heavy atom. The van der Waals surface area contributed by atoms with E-state index < -0.39 is 28.5 Å². The Hall–Kier alpha value is -4.05. The second-order valence-corrected chi connectivity index (χ2v) is 13.5. The highest BCUT2D eigenvalue weighted by Crippen LogP contribution is 2.28. The summed E-state index contributed by atoms with van der Waals surface area (Å²) < 4.78 is 34.6. The average Bonchev–Trinajstić information content (AvgIpc) is 3.05. The molecule has 0 aromatic heterocycles. The number of amides is 2. The van der Waals surface area contributed by atoms with E-state index in [1.165, 1.54) is 24.1 Å². The summed E-state index contributed by atoms with van der Waals surface area (Å²) in [6.07, 6.45) is 0.894. The highest BCUT2D eigenvalue weighted by Gasteiger charge is 2.35. The van der Waals surface area contributed by atoms with Crippen LogP contribution in [-0.2, 0) is 32.6 Å². The highest BCUT2D eigenvalue weighted by molar-refractivity contribution is 7.92. The summed E-state index contributed by atoms with van der Waals surface area (Å²) >= 11 is 12.7. The largest absolute Gasteiger partial charge is 0.497 e. The number of rotatable bonds is 14. The maximum absolute atomic E-state index is 14.5. The second-order valence-electron chi connectivity index (χ2n) is 10.8. The Labute approximate surface area is 280 Å². The van der Waals surface area contributed by atoms with Gasteiger partial charge in [-0.1, -0.05) is 84.2 Å². The van der Waals surface area contributed by atoms with Gasteiger partial charge in [-0.15, -0.1) is 0 Å². The molecule has 4 aromatic carbocycles. The van der Waals surface area contributed by atoms with Crippen LogP contribution in [0.3, 0.4) is 0 Å². The molecule has 0 radical (unpaired) electrons. The first-order chi connectivity index (χ1) is 22.0. The van der Waals surface area contributed by atoms with Gasteiger partial charge in [-0.25, -0.2) is 8.42 Å². The Kier molecular flexibility index (Phi) is 12.1. The lowest BCUT2D eigenvalue weighted by Crippen LogP contribution is -2.53. The Balaban J connectivity index is 1.81. The van der Waals surface area contributed by atoms with Gasteiger partial charge in [-0.3, -0.25) is 13.9 Å². The molecule has 0 spiro atoms. The van der Waals surface area contributed by atoms with E-state index in [9.17, 15) is 18.0 Å². The van der Waals surface area contributed by atoms with E-state index in [0.29, 0.717) is 40.0 Å². The van der Waals surface area contributed by atoms with Crippen molar-refractivity contribution < 1.29 is 22.7 Å². The average molecular weight is 683 g/mol. The van der Waals surface area contributed by atoms with Crippen LogP contribution in [0.1, 0.15) is 30.0 Å². The summed E-state index contributed by atoms with van der Waals surface area (Å²) in [4.78, 5) is 29.6. The molecule has 0 aliphatic heterocycles. The number of carbonyl (C=O) groups excluding carboxylic acids is 2. The van der Waals surface area contributed by atoms with E-state index in [2.05, 4.69) is 5.32 Å². The van der Waals surface area contributed by atoms with Crippen molar-refractivity contribution in [2.75, 3.05) is 24.5 Å². The maximum atomic E-state index is 14.5. The van der Waals surface area contributed by atoms with E-state index >= 15 is 0 Å². The Morgan fingerprint density at radius 1 is 0.913 bits per heavy atom. The quantitative estimate of drug-likeness (QED) is 0.160. The molecule has 11 heteroatoms. The van der Waals surface area contributed by atoms with Crippen molar-refractivity contribution in [1.29, 1.82) is 0 Å². The molecule has 242 valence electrons. The van der Waals surface area contributed by atoms with Crippen molar-refractivity contribution in [1.82, 2.24) is 10.2 Å². The van der Waals surface area contributed by atoms with Gasteiger partial charge >= 0.3 is 0 Å². The molecule has 0 saturated carbocycles. The van der Waals surface area contributed by atoms with Gasteiger partial charge in [0, 0.05) is 29.6 Å². The van der Waals surface area contributed by atoms with Gasteiger partial charge in [0.05, 0.1) is 17.7 Å². The predicted molar refractivity (Wildman–Crippen MR) is 183 cm³/mol. The zero-order valence-electron chi connectivity index (χ0n) is 26.0. The number of anilines is 1. The molecule has 0 bridgehead atoms. The summed E-state index contributed by atoms with van der Waals surface area (Å²) in [6, 6.07) is 26.1. The minimum absolute atomic E-state index is 0.0181. The number of ether oxygens (including phenoxy) is 1. The fourth-order valence-electron chi connectivity index (χ4n) is 4.87. The number of sulfonamides is 1. The molecule has 46 heavy (non-hydrogen) atoms. The lowest BCUT2D eigenvalue weighted by atomic mass is 10.0. The third-order valence-corrected chi connectivity index (χ3v) is 9.80. The maximum Gasteiger partial charge on any atom is 0.264 e. The standard InChI is InChI=1S/C35H37Cl2N3O5S/c1-4-20-38-35(42)33(21-26-8-6-5-7-9-26)39(23-27-12-13-28(36)22-32(27)37)34(41)24-40(29-14-10-25(2)11-15-29)46(43,44)31-18-16-30(45-3)17-19-31/h5-19,22,33H,4,20-21,23-24H2,1-3H3,(H,38,42)/t33-/m1/s1. The van der Waals surface area contributed by atoms with Crippen LogP contribution in [0.4, 0.5) is 5.69 Å². The van der Waals surface area contributed by atoms with E-state index in [4.69, 9.17) is 27.9 Å². The van der Waals surface area contributed by atoms with Gasteiger partial charge in [0.1, 0.15) is 18.3 Å². The smallest absolute Gasteiger partial charge is 0.264 e. The zero-order valence-corrected chi connectivity index (χ0v) is 28.3. The van der Waals surface area contributed by atoms with Crippen LogP contribution in [0, 0.1) is 6.92 Å². The minimum atomic E-state index is -4.24. The predicted octanol–water partition coefficient (Wildman–Crippen LogP) is 6.67. The van der Waals surface area contributed by atoms with Crippen molar-refractivity contribution in [2.24, 2.45) is 0 Å². The molecular formula is C35H37Cl2N3O5S. The SMILES string of the molecule is CCCNC(=O)[C@@H](Cc1ccccc1)N(Cc1ccc(Cl)cc1Cl)C(=O)CN(c1ccc(C)cc1)S(=O)(=O)c1ccc(OC)cc1. The molecule has 1 N–H and O–H groups in total. The minimum Gasteiger partial charge on any atom is -0.497 e. The van der Waals surface area contributed by atoms with Gasteiger partial charge in [-0.2, -0.15) is 0 Å². The molecule has 4 aromatic rings. The summed E-state index contributed by atoms with van der Waals surface area (Å²) in [5.74, 6) is -0.454. The van der Waals surface area contributed by atoms with E-state index in [-0.39, 0.29) is 23.8 Å². The summed E-state index contributed by atoms with van der Waals surface area (Å²) in [5, 5.41) is 3.66. The van der Waals surface area contributed by atoms with Crippen molar-refractivity contribution in [2.45, 2.75) is 44.2 Å². The van der Waals surface area contributed by atoms with Crippen molar-refractivity contribution in [3.8, 4) is 5.75 Å². The third-order valence-electron chi connectivity index (χ3n) is 7.42. The van der Waals surface area contributed by atoms with E-state index in [0.717, 1.165) is 15.4 Å². The number of aryl methyl sites for hydroxylation is 1. The van der Waals surface area contributed by atoms with Crippen LogP contribution >= 0.6 is 23.2 Å². The number of halogens is 2. The molecule has 0 unspecified atom stereocenters. The molecule has 2 amide bonds. The molecule has 8 nitrogen and oxygen atoms in total. The van der Waals surface area contributed by atoms with Crippen molar-refractivity contribution in [3.63, 3.8) is 0 Å². The Bertz CT molecular complexity index is 1730. The molecule has 0 saturated heterocycles. The monoisotopic (exact) mass is 681 g/mol. The number of nitrogens with zero attached hydrogens (tertiary/aromatic N) is 2. The number of methoxy groups -OCH3 is 1. The van der Waals surface area contributed by atoms with Crippen LogP contribution in [0.25, 0.3) is 0 Å². The van der Waals surface area contributed by atoms with Gasteiger partial charge < -0.3 is 15.0 Å². The van der Waals surface area contributed by atoms with Crippen LogP contribution in [0.2, 0.25) is 10.0 Å². The fourth-order valence-corrected chi connectivity index (χ4v) is 6.75. The number of benzene rings is 4. The van der Waals surface area contributed by atoms with Crippen LogP contribution in [0.15, 0.2) is 102 Å². The van der Waals surface area contributed by atoms with Crippen molar-refractivity contribution >= 4 is 50.7 Å². The lowest BCUT2D eigenvalue weighted by Gasteiger charge is -2.34. The number of hydrogen-bond donors (Lipinski definition) is 1. The first-order valence-electron chi connectivity index (χ1n) is 14.8. The molecule has 0 heterocycles. The lowest BCUT2D eigenvalue weighted by molar-refractivity contribution is -0.140. The molecular weight excluding hydrogens is 645 g/mol. The number of hydrogen-bond acceptors (Lipinski definition) is 5. The van der Waals surface area contributed by atoms with Gasteiger partial charge in [0.25, 0.3) is 10.0 Å². The summed E-state index contributed by atoms with van der Waals surface area (Å²) in [6.45, 7) is 3.60. The molecule has 1 atom stereocenters. The van der Waals surface area contributed by atoms with E-state index in [1.54, 1.807) is 54.6 Å². The summed E-state index contributed by atoms with van der Waals surface area (Å²) in [5.41, 5.74) is 2.61. The molecule has 0 fully saturated rings.